The lowest BCUT2D eigenvalue weighted by Gasteiger charge is -2.22. The molecule has 4 nitrogen and oxygen atoms in total. The Morgan fingerprint density at radius 3 is 2.40 bits per heavy atom. The van der Waals surface area contributed by atoms with Crippen molar-refractivity contribution in [1.29, 1.82) is 0 Å². The first-order valence-electron chi connectivity index (χ1n) is 5.44. The van der Waals surface area contributed by atoms with Crippen molar-refractivity contribution in [2.45, 2.75) is 13.1 Å². The summed E-state index contributed by atoms with van der Waals surface area (Å²) in [5.74, 6) is -3.89. The molecule has 0 saturated carbocycles. The zero-order chi connectivity index (χ0) is 15.5. The summed E-state index contributed by atoms with van der Waals surface area (Å²) in [6, 6.07) is 3.66. The number of aryl methyl sites for hydroxylation is 1. The number of nitrogens with zero attached hydrogens (tertiary/aromatic N) is 1. The standard InChI is InChI=1S/C12H11F4NO3/c1-7-3-2-4-8(10(7)13)11(20)17(5-9(18)19)6-12(14,15)16/h2-4H,5-6H2,1H3,(H,18,19). The minimum Gasteiger partial charge on any atom is -0.480 e. The largest absolute Gasteiger partial charge is 0.480 e. The average molecular weight is 293 g/mol. The third kappa shape index (κ3) is 4.22. The fourth-order valence-corrected chi connectivity index (χ4v) is 1.56. The molecule has 0 aliphatic carbocycles. The molecule has 0 aliphatic rings. The number of amides is 1. The van der Waals surface area contributed by atoms with E-state index in [1.165, 1.54) is 19.1 Å². The van der Waals surface area contributed by atoms with E-state index < -0.39 is 42.5 Å². The Labute approximate surface area is 111 Å². The Morgan fingerprint density at radius 2 is 1.90 bits per heavy atom. The van der Waals surface area contributed by atoms with Gasteiger partial charge in [0.2, 0.25) is 0 Å². The van der Waals surface area contributed by atoms with Gasteiger partial charge < -0.3 is 10.0 Å². The Kier molecular flexibility index (Phi) is 4.69. The molecule has 0 fully saturated rings. The van der Waals surface area contributed by atoms with Crippen LogP contribution in [0, 0.1) is 12.7 Å². The highest BCUT2D eigenvalue weighted by atomic mass is 19.4. The molecular formula is C12H11F4NO3. The third-order valence-corrected chi connectivity index (χ3v) is 2.41. The van der Waals surface area contributed by atoms with Gasteiger partial charge in [-0.1, -0.05) is 12.1 Å². The van der Waals surface area contributed by atoms with Crippen molar-refractivity contribution in [3.05, 3.63) is 35.1 Å². The van der Waals surface area contributed by atoms with Crippen molar-refractivity contribution in [2.24, 2.45) is 0 Å². The third-order valence-electron chi connectivity index (χ3n) is 2.41. The van der Waals surface area contributed by atoms with Crippen LogP contribution >= 0.6 is 0 Å². The lowest BCUT2D eigenvalue weighted by molar-refractivity contribution is -0.149. The minimum atomic E-state index is -4.77. The molecule has 0 unspecified atom stereocenters. The van der Waals surface area contributed by atoms with Gasteiger partial charge in [0.15, 0.2) is 0 Å². The minimum absolute atomic E-state index is 0.0419. The maximum atomic E-state index is 13.7. The smallest absolute Gasteiger partial charge is 0.406 e. The van der Waals surface area contributed by atoms with Crippen molar-refractivity contribution < 1.29 is 32.3 Å². The van der Waals surface area contributed by atoms with Crippen LogP contribution in [0.4, 0.5) is 17.6 Å². The van der Waals surface area contributed by atoms with Crippen LogP contribution in [0.2, 0.25) is 0 Å². The summed E-state index contributed by atoms with van der Waals surface area (Å²) in [5, 5.41) is 8.55. The summed E-state index contributed by atoms with van der Waals surface area (Å²) >= 11 is 0. The zero-order valence-corrected chi connectivity index (χ0v) is 10.4. The summed E-state index contributed by atoms with van der Waals surface area (Å²) < 4.78 is 50.7. The van der Waals surface area contributed by atoms with Gasteiger partial charge in [-0.05, 0) is 18.6 Å². The Morgan fingerprint density at radius 1 is 1.30 bits per heavy atom. The summed E-state index contributed by atoms with van der Waals surface area (Å²) in [4.78, 5) is 22.4. The van der Waals surface area contributed by atoms with E-state index in [9.17, 15) is 27.2 Å². The fourth-order valence-electron chi connectivity index (χ4n) is 1.56. The lowest BCUT2D eigenvalue weighted by atomic mass is 10.1. The molecule has 1 N–H and O–H groups in total. The molecule has 0 atom stereocenters. The maximum Gasteiger partial charge on any atom is 0.406 e. The first-order valence-corrected chi connectivity index (χ1v) is 5.44. The molecule has 110 valence electrons. The van der Waals surface area contributed by atoms with Crippen molar-refractivity contribution in [2.75, 3.05) is 13.1 Å². The number of carbonyl (C=O) groups is 2. The predicted octanol–water partition coefficient (Wildman–Crippen LogP) is 2.22. The second-order valence-electron chi connectivity index (χ2n) is 4.11. The van der Waals surface area contributed by atoms with E-state index in [1.807, 2.05) is 0 Å². The number of aliphatic carboxylic acids is 1. The van der Waals surface area contributed by atoms with Crippen molar-refractivity contribution in [3.63, 3.8) is 0 Å². The van der Waals surface area contributed by atoms with Gasteiger partial charge in [-0.25, -0.2) is 4.39 Å². The summed E-state index contributed by atoms with van der Waals surface area (Å²) in [7, 11) is 0. The maximum absolute atomic E-state index is 13.7. The first-order chi connectivity index (χ1) is 9.11. The monoisotopic (exact) mass is 293 g/mol. The molecule has 0 aliphatic heterocycles. The highest BCUT2D eigenvalue weighted by molar-refractivity contribution is 5.96. The predicted molar refractivity (Wildman–Crippen MR) is 60.7 cm³/mol. The second-order valence-corrected chi connectivity index (χ2v) is 4.11. The normalized spacial score (nSPS) is 11.2. The Hall–Kier alpha value is -2.12. The van der Waals surface area contributed by atoms with E-state index in [0.717, 1.165) is 6.07 Å². The SMILES string of the molecule is Cc1cccc(C(=O)N(CC(=O)O)CC(F)(F)F)c1F. The molecule has 0 saturated heterocycles. The van der Waals surface area contributed by atoms with E-state index in [0.29, 0.717) is 0 Å². The number of alkyl halides is 3. The van der Waals surface area contributed by atoms with E-state index in [4.69, 9.17) is 5.11 Å². The molecule has 0 heterocycles. The van der Waals surface area contributed by atoms with E-state index >= 15 is 0 Å². The Balaban J connectivity index is 3.10. The summed E-state index contributed by atoms with van der Waals surface area (Å²) in [6.45, 7) is -1.57. The number of carbonyl (C=O) groups excluding carboxylic acids is 1. The molecule has 0 aromatic heterocycles. The summed E-state index contributed by atoms with van der Waals surface area (Å²) in [6.07, 6.45) is -4.77. The van der Waals surface area contributed by atoms with Crippen LogP contribution in [0.1, 0.15) is 15.9 Å². The number of benzene rings is 1. The molecule has 8 heteroatoms. The quantitative estimate of drug-likeness (QED) is 0.866. The number of rotatable bonds is 4. The zero-order valence-electron chi connectivity index (χ0n) is 10.4. The molecule has 1 rings (SSSR count). The molecule has 1 aromatic rings. The van der Waals surface area contributed by atoms with E-state index in [-0.39, 0.29) is 10.5 Å². The number of hydrogen-bond acceptors (Lipinski definition) is 2. The highest BCUT2D eigenvalue weighted by Gasteiger charge is 2.35. The molecular weight excluding hydrogens is 282 g/mol. The number of carboxylic acids is 1. The van der Waals surface area contributed by atoms with E-state index in [2.05, 4.69) is 0 Å². The number of halogens is 4. The van der Waals surface area contributed by atoms with Crippen LogP contribution in [-0.2, 0) is 4.79 Å². The van der Waals surface area contributed by atoms with Gasteiger partial charge in [-0.2, -0.15) is 13.2 Å². The van der Waals surface area contributed by atoms with Crippen molar-refractivity contribution in [1.82, 2.24) is 4.90 Å². The van der Waals surface area contributed by atoms with Gasteiger partial charge in [-0.15, -0.1) is 0 Å². The molecule has 20 heavy (non-hydrogen) atoms. The molecule has 0 spiro atoms. The Bertz CT molecular complexity index is 528. The topological polar surface area (TPSA) is 57.6 Å². The van der Waals surface area contributed by atoms with Crippen LogP contribution in [-0.4, -0.2) is 41.1 Å². The van der Waals surface area contributed by atoms with Gasteiger partial charge in [0.1, 0.15) is 18.9 Å². The molecule has 0 radical (unpaired) electrons. The number of hydrogen-bond donors (Lipinski definition) is 1. The van der Waals surface area contributed by atoms with Crippen LogP contribution in [0.3, 0.4) is 0 Å². The average Bonchev–Trinajstić information content (AvgIpc) is 2.28. The molecule has 0 bridgehead atoms. The fraction of sp³-hybridized carbons (Fsp3) is 0.333. The van der Waals surface area contributed by atoms with Gasteiger partial charge in [0, 0.05) is 0 Å². The van der Waals surface area contributed by atoms with Gasteiger partial charge in [-0.3, -0.25) is 9.59 Å². The van der Waals surface area contributed by atoms with Crippen LogP contribution in [0.15, 0.2) is 18.2 Å². The van der Waals surface area contributed by atoms with Crippen molar-refractivity contribution in [3.8, 4) is 0 Å². The number of carboxylic acid groups (broad SMARTS) is 1. The van der Waals surface area contributed by atoms with E-state index in [1.54, 1.807) is 0 Å². The van der Waals surface area contributed by atoms with Crippen LogP contribution < -0.4 is 0 Å². The molecule has 1 amide bonds. The van der Waals surface area contributed by atoms with Crippen LogP contribution in [0.5, 0.6) is 0 Å². The van der Waals surface area contributed by atoms with Gasteiger partial charge >= 0.3 is 12.1 Å². The van der Waals surface area contributed by atoms with Gasteiger partial charge in [0.25, 0.3) is 5.91 Å². The van der Waals surface area contributed by atoms with Crippen molar-refractivity contribution >= 4 is 11.9 Å². The van der Waals surface area contributed by atoms with Gasteiger partial charge in [0.05, 0.1) is 5.56 Å². The first kappa shape index (κ1) is 15.9. The second kappa shape index (κ2) is 5.89. The summed E-state index contributed by atoms with van der Waals surface area (Å²) in [5.41, 5.74) is -0.506. The van der Waals surface area contributed by atoms with Crippen LogP contribution in [0.25, 0.3) is 0 Å². The molecule has 1 aromatic carbocycles. The lowest BCUT2D eigenvalue weighted by Crippen LogP contribution is -2.42. The highest BCUT2D eigenvalue weighted by Crippen LogP contribution is 2.20.